The van der Waals surface area contributed by atoms with Gasteiger partial charge in [0.2, 0.25) is 0 Å². The lowest BCUT2D eigenvalue weighted by Gasteiger charge is -2.20. The fourth-order valence-electron chi connectivity index (χ4n) is 2.35. The van der Waals surface area contributed by atoms with E-state index in [1.165, 1.54) is 11.8 Å². The maximum atomic E-state index is 13.2. The van der Waals surface area contributed by atoms with E-state index in [4.69, 9.17) is 0 Å². The van der Waals surface area contributed by atoms with Crippen LogP contribution in [0.4, 0.5) is 4.39 Å². The van der Waals surface area contributed by atoms with Crippen molar-refractivity contribution in [3.8, 4) is 10.6 Å². The summed E-state index contributed by atoms with van der Waals surface area (Å²) >= 11 is 1.61. The standard InChI is InChI=1S/C14H15FN2S/c15-12-3-1-2-11(8-12)14-17-13(9-18-14)10-4-6-16-7-5-10/h1-3,8-10,16H,4-7H2. The third-order valence-electron chi connectivity index (χ3n) is 3.35. The Balaban J connectivity index is 1.84. The van der Waals surface area contributed by atoms with Crippen LogP contribution in [-0.4, -0.2) is 18.1 Å². The van der Waals surface area contributed by atoms with E-state index >= 15 is 0 Å². The molecule has 1 saturated heterocycles. The molecule has 4 heteroatoms. The van der Waals surface area contributed by atoms with Crippen molar-refractivity contribution in [3.63, 3.8) is 0 Å². The van der Waals surface area contributed by atoms with Crippen LogP contribution in [0.25, 0.3) is 10.6 Å². The monoisotopic (exact) mass is 262 g/mol. The average Bonchev–Trinajstić information content (AvgIpc) is 2.89. The van der Waals surface area contributed by atoms with Crippen LogP contribution < -0.4 is 5.32 Å². The minimum absolute atomic E-state index is 0.203. The van der Waals surface area contributed by atoms with Gasteiger partial charge in [-0.05, 0) is 38.1 Å². The maximum absolute atomic E-state index is 13.2. The molecule has 0 radical (unpaired) electrons. The third-order valence-corrected chi connectivity index (χ3v) is 4.26. The molecular formula is C14H15FN2S. The highest BCUT2D eigenvalue weighted by Gasteiger charge is 2.18. The van der Waals surface area contributed by atoms with Gasteiger partial charge in [0.1, 0.15) is 10.8 Å². The van der Waals surface area contributed by atoms with E-state index in [-0.39, 0.29) is 5.82 Å². The molecule has 0 saturated carbocycles. The van der Waals surface area contributed by atoms with Crippen LogP contribution in [0.2, 0.25) is 0 Å². The van der Waals surface area contributed by atoms with Gasteiger partial charge in [-0.25, -0.2) is 9.37 Å². The van der Waals surface area contributed by atoms with Crippen LogP contribution in [0.5, 0.6) is 0 Å². The van der Waals surface area contributed by atoms with Crippen molar-refractivity contribution in [2.75, 3.05) is 13.1 Å². The Bertz CT molecular complexity index is 532. The Morgan fingerprint density at radius 2 is 2.11 bits per heavy atom. The minimum atomic E-state index is -0.203. The molecule has 94 valence electrons. The van der Waals surface area contributed by atoms with Crippen molar-refractivity contribution in [2.24, 2.45) is 0 Å². The number of nitrogens with zero attached hydrogens (tertiary/aromatic N) is 1. The van der Waals surface area contributed by atoms with E-state index < -0.39 is 0 Å². The third kappa shape index (κ3) is 2.44. The van der Waals surface area contributed by atoms with Crippen LogP contribution in [0.3, 0.4) is 0 Å². The second-order valence-corrected chi connectivity index (χ2v) is 5.47. The van der Waals surface area contributed by atoms with E-state index in [1.54, 1.807) is 23.5 Å². The van der Waals surface area contributed by atoms with Crippen LogP contribution in [-0.2, 0) is 0 Å². The van der Waals surface area contributed by atoms with Crippen molar-refractivity contribution >= 4 is 11.3 Å². The molecule has 0 atom stereocenters. The lowest BCUT2D eigenvalue weighted by atomic mass is 9.95. The first-order valence-electron chi connectivity index (χ1n) is 6.25. The van der Waals surface area contributed by atoms with Crippen molar-refractivity contribution in [1.82, 2.24) is 10.3 Å². The van der Waals surface area contributed by atoms with E-state index in [2.05, 4.69) is 15.7 Å². The predicted octanol–water partition coefficient (Wildman–Crippen LogP) is 3.42. The first-order chi connectivity index (χ1) is 8.83. The maximum Gasteiger partial charge on any atom is 0.123 e. The van der Waals surface area contributed by atoms with E-state index in [1.807, 2.05) is 6.07 Å². The smallest absolute Gasteiger partial charge is 0.123 e. The second-order valence-electron chi connectivity index (χ2n) is 4.61. The van der Waals surface area contributed by atoms with Gasteiger partial charge in [-0.15, -0.1) is 11.3 Å². The fourth-order valence-corrected chi connectivity index (χ4v) is 3.24. The minimum Gasteiger partial charge on any atom is -0.317 e. The number of hydrogen-bond donors (Lipinski definition) is 1. The highest BCUT2D eigenvalue weighted by atomic mass is 32.1. The molecule has 0 unspecified atom stereocenters. The Morgan fingerprint density at radius 3 is 2.89 bits per heavy atom. The number of nitrogens with one attached hydrogen (secondary N) is 1. The summed E-state index contributed by atoms with van der Waals surface area (Å²) in [6.07, 6.45) is 2.29. The molecular weight excluding hydrogens is 247 g/mol. The molecule has 1 aliphatic heterocycles. The van der Waals surface area contributed by atoms with Crippen LogP contribution in [0.1, 0.15) is 24.5 Å². The molecule has 1 aromatic carbocycles. The van der Waals surface area contributed by atoms with Gasteiger partial charge >= 0.3 is 0 Å². The molecule has 0 spiro atoms. The van der Waals surface area contributed by atoms with Gasteiger partial charge in [0.25, 0.3) is 0 Å². The Labute approximate surface area is 110 Å². The van der Waals surface area contributed by atoms with Crippen LogP contribution >= 0.6 is 11.3 Å². The molecule has 3 rings (SSSR count). The number of thiazole rings is 1. The quantitative estimate of drug-likeness (QED) is 0.897. The van der Waals surface area contributed by atoms with Crippen LogP contribution in [0.15, 0.2) is 29.6 Å². The van der Waals surface area contributed by atoms with E-state index in [9.17, 15) is 4.39 Å². The van der Waals surface area contributed by atoms with Gasteiger partial charge in [0.05, 0.1) is 5.69 Å². The molecule has 1 aromatic heterocycles. The lowest BCUT2D eigenvalue weighted by molar-refractivity contribution is 0.455. The normalized spacial score (nSPS) is 16.9. The highest BCUT2D eigenvalue weighted by Crippen LogP contribution is 2.30. The number of piperidine rings is 1. The lowest BCUT2D eigenvalue weighted by Crippen LogP contribution is -2.26. The first kappa shape index (κ1) is 11.8. The van der Waals surface area contributed by atoms with Gasteiger partial charge in [0, 0.05) is 16.9 Å². The topological polar surface area (TPSA) is 24.9 Å². The zero-order valence-electron chi connectivity index (χ0n) is 10.0. The zero-order chi connectivity index (χ0) is 12.4. The predicted molar refractivity (Wildman–Crippen MR) is 72.4 cm³/mol. The molecule has 1 fully saturated rings. The van der Waals surface area contributed by atoms with Gasteiger partial charge < -0.3 is 5.32 Å². The van der Waals surface area contributed by atoms with Gasteiger partial charge in [-0.1, -0.05) is 12.1 Å². The summed E-state index contributed by atoms with van der Waals surface area (Å²) < 4.78 is 13.2. The van der Waals surface area contributed by atoms with Gasteiger partial charge in [-0.2, -0.15) is 0 Å². The summed E-state index contributed by atoms with van der Waals surface area (Å²) in [5.74, 6) is 0.357. The number of hydrogen-bond acceptors (Lipinski definition) is 3. The van der Waals surface area contributed by atoms with Crippen molar-refractivity contribution in [2.45, 2.75) is 18.8 Å². The van der Waals surface area contributed by atoms with Crippen LogP contribution in [0, 0.1) is 5.82 Å². The summed E-state index contributed by atoms with van der Waals surface area (Å²) in [6, 6.07) is 6.65. The Kier molecular flexibility index (Phi) is 3.39. The fraction of sp³-hybridized carbons (Fsp3) is 0.357. The summed E-state index contributed by atoms with van der Waals surface area (Å²) in [5, 5.41) is 6.40. The van der Waals surface area contributed by atoms with Crippen molar-refractivity contribution < 1.29 is 4.39 Å². The van der Waals surface area contributed by atoms with Gasteiger partial charge in [-0.3, -0.25) is 0 Å². The second kappa shape index (κ2) is 5.16. The Morgan fingerprint density at radius 1 is 1.28 bits per heavy atom. The van der Waals surface area contributed by atoms with Crippen molar-refractivity contribution in [1.29, 1.82) is 0 Å². The first-order valence-corrected chi connectivity index (χ1v) is 7.13. The molecule has 2 nitrogen and oxygen atoms in total. The number of rotatable bonds is 2. The SMILES string of the molecule is Fc1cccc(-c2nc(C3CCNCC3)cs2)c1. The van der Waals surface area contributed by atoms with E-state index in [0.717, 1.165) is 36.5 Å². The summed E-state index contributed by atoms with van der Waals surface area (Å²) in [5.41, 5.74) is 2.04. The molecule has 0 aliphatic carbocycles. The average molecular weight is 262 g/mol. The molecule has 2 aromatic rings. The summed E-state index contributed by atoms with van der Waals surface area (Å²) in [4.78, 5) is 4.67. The summed E-state index contributed by atoms with van der Waals surface area (Å²) in [6.45, 7) is 2.13. The molecule has 2 heterocycles. The van der Waals surface area contributed by atoms with Gasteiger partial charge in [0.15, 0.2) is 0 Å². The molecule has 1 N–H and O–H groups in total. The molecule has 0 bridgehead atoms. The molecule has 1 aliphatic rings. The molecule has 0 amide bonds. The number of benzene rings is 1. The van der Waals surface area contributed by atoms with E-state index in [0.29, 0.717) is 5.92 Å². The number of halogens is 1. The number of aromatic nitrogens is 1. The largest absolute Gasteiger partial charge is 0.317 e. The van der Waals surface area contributed by atoms with Crippen molar-refractivity contribution in [3.05, 3.63) is 41.2 Å². The summed E-state index contributed by atoms with van der Waals surface area (Å²) in [7, 11) is 0. The molecule has 18 heavy (non-hydrogen) atoms. The zero-order valence-corrected chi connectivity index (χ0v) is 10.8. The Hall–Kier alpha value is -1.26. The highest BCUT2D eigenvalue weighted by molar-refractivity contribution is 7.13.